The van der Waals surface area contributed by atoms with E-state index in [-0.39, 0.29) is 0 Å². The highest BCUT2D eigenvalue weighted by molar-refractivity contribution is 8.00. The fraction of sp³-hybridized carbons (Fsp3) is 0.500. The average molecular weight is 265 g/mol. The summed E-state index contributed by atoms with van der Waals surface area (Å²) >= 11 is 2.02. The minimum Gasteiger partial charge on any atom is -0.478 e. The van der Waals surface area contributed by atoms with Crippen molar-refractivity contribution in [3.05, 3.63) is 29.3 Å². The van der Waals surface area contributed by atoms with Gasteiger partial charge in [0.1, 0.15) is 0 Å². The minimum absolute atomic E-state index is 0.319. The fourth-order valence-electron chi connectivity index (χ4n) is 2.28. The van der Waals surface area contributed by atoms with Gasteiger partial charge in [0.25, 0.3) is 0 Å². The SMILES string of the molecule is Cc1cc(NCC2(C)CCCS2)ccc1C(=O)O. The lowest BCUT2D eigenvalue weighted by Crippen LogP contribution is -2.27. The van der Waals surface area contributed by atoms with E-state index in [0.29, 0.717) is 10.3 Å². The smallest absolute Gasteiger partial charge is 0.335 e. The number of carbonyl (C=O) groups is 1. The van der Waals surface area contributed by atoms with Crippen molar-refractivity contribution in [1.82, 2.24) is 0 Å². The molecule has 1 aliphatic rings. The van der Waals surface area contributed by atoms with Gasteiger partial charge in [-0.25, -0.2) is 4.79 Å². The number of carboxylic acid groups (broad SMARTS) is 1. The molecule has 1 aromatic rings. The van der Waals surface area contributed by atoms with Crippen LogP contribution in [0.1, 0.15) is 35.7 Å². The highest BCUT2D eigenvalue weighted by atomic mass is 32.2. The zero-order valence-electron chi connectivity index (χ0n) is 10.8. The number of benzene rings is 1. The first kappa shape index (κ1) is 13.3. The maximum Gasteiger partial charge on any atom is 0.335 e. The number of aryl methyl sites for hydroxylation is 1. The van der Waals surface area contributed by atoms with Crippen molar-refractivity contribution in [2.24, 2.45) is 0 Å². The molecule has 3 nitrogen and oxygen atoms in total. The number of aromatic carboxylic acids is 1. The summed E-state index contributed by atoms with van der Waals surface area (Å²) in [5.74, 6) is 0.382. The molecule has 1 heterocycles. The van der Waals surface area contributed by atoms with Gasteiger partial charge in [-0.1, -0.05) is 0 Å². The minimum atomic E-state index is -0.864. The number of anilines is 1. The number of hydrogen-bond donors (Lipinski definition) is 2. The van der Waals surface area contributed by atoms with Crippen LogP contribution < -0.4 is 5.32 Å². The van der Waals surface area contributed by atoms with Gasteiger partial charge in [0.15, 0.2) is 0 Å². The lowest BCUT2D eigenvalue weighted by atomic mass is 10.0. The fourth-order valence-corrected chi connectivity index (χ4v) is 3.52. The summed E-state index contributed by atoms with van der Waals surface area (Å²) in [6, 6.07) is 5.43. The maximum atomic E-state index is 10.9. The molecule has 4 heteroatoms. The lowest BCUT2D eigenvalue weighted by Gasteiger charge is -2.23. The molecule has 0 aromatic heterocycles. The second kappa shape index (κ2) is 5.22. The van der Waals surface area contributed by atoms with Gasteiger partial charge in [-0.05, 0) is 56.2 Å². The predicted octanol–water partition coefficient (Wildman–Crippen LogP) is 3.39. The van der Waals surface area contributed by atoms with Crippen LogP contribution in [0.4, 0.5) is 5.69 Å². The standard InChI is InChI=1S/C14H19NO2S/c1-10-8-11(4-5-12(10)13(16)17)15-9-14(2)6-3-7-18-14/h4-5,8,15H,3,6-7,9H2,1-2H3,(H,16,17). The molecular weight excluding hydrogens is 246 g/mol. The van der Waals surface area contributed by atoms with Gasteiger partial charge in [0.05, 0.1) is 5.56 Å². The molecule has 0 spiro atoms. The van der Waals surface area contributed by atoms with E-state index in [2.05, 4.69) is 12.2 Å². The maximum absolute atomic E-state index is 10.9. The summed E-state index contributed by atoms with van der Waals surface area (Å²) in [7, 11) is 0. The van der Waals surface area contributed by atoms with Crippen LogP contribution in [0.5, 0.6) is 0 Å². The topological polar surface area (TPSA) is 49.3 Å². The van der Waals surface area contributed by atoms with Gasteiger partial charge in [0, 0.05) is 17.0 Å². The van der Waals surface area contributed by atoms with E-state index in [0.717, 1.165) is 17.8 Å². The van der Waals surface area contributed by atoms with Crippen molar-refractivity contribution >= 4 is 23.4 Å². The lowest BCUT2D eigenvalue weighted by molar-refractivity contribution is 0.0696. The number of carboxylic acids is 1. The summed E-state index contributed by atoms with van der Waals surface area (Å²) in [4.78, 5) is 10.9. The number of rotatable bonds is 4. The molecule has 1 saturated heterocycles. The molecule has 1 unspecified atom stereocenters. The monoisotopic (exact) mass is 265 g/mol. The number of nitrogens with one attached hydrogen (secondary N) is 1. The first-order valence-electron chi connectivity index (χ1n) is 6.22. The van der Waals surface area contributed by atoms with E-state index in [1.54, 1.807) is 6.07 Å². The molecule has 1 fully saturated rings. The third kappa shape index (κ3) is 2.99. The number of hydrogen-bond acceptors (Lipinski definition) is 3. The first-order valence-corrected chi connectivity index (χ1v) is 7.20. The first-order chi connectivity index (χ1) is 8.50. The average Bonchev–Trinajstić information content (AvgIpc) is 2.74. The molecule has 0 radical (unpaired) electrons. The Morgan fingerprint density at radius 3 is 2.89 bits per heavy atom. The van der Waals surface area contributed by atoms with Crippen LogP contribution in [-0.4, -0.2) is 28.1 Å². The largest absolute Gasteiger partial charge is 0.478 e. The van der Waals surface area contributed by atoms with Crippen LogP contribution in [-0.2, 0) is 0 Å². The quantitative estimate of drug-likeness (QED) is 0.876. The van der Waals surface area contributed by atoms with Crippen LogP contribution in [0.15, 0.2) is 18.2 Å². The van der Waals surface area contributed by atoms with Crippen molar-refractivity contribution in [2.75, 3.05) is 17.6 Å². The van der Waals surface area contributed by atoms with Crippen molar-refractivity contribution in [3.8, 4) is 0 Å². The van der Waals surface area contributed by atoms with E-state index in [4.69, 9.17) is 5.11 Å². The predicted molar refractivity (Wildman–Crippen MR) is 76.7 cm³/mol. The van der Waals surface area contributed by atoms with Crippen LogP contribution in [0, 0.1) is 6.92 Å². The Morgan fingerprint density at radius 2 is 2.33 bits per heavy atom. The zero-order chi connectivity index (χ0) is 13.2. The molecule has 0 amide bonds. The molecule has 1 aromatic carbocycles. The van der Waals surface area contributed by atoms with Crippen molar-refractivity contribution in [1.29, 1.82) is 0 Å². The third-order valence-electron chi connectivity index (χ3n) is 3.42. The summed E-state index contributed by atoms with van der Waals surface area (Å²) in [6.45, 7) is 5.06. The Morgan fingerprint density at radius 1 is 1.56 bits per heavy atom. The Hall–Kier alpha value is -1.16. The summed E-state index contributed by atoms with van der Waals surface area (Å²) in [5.41, 5.74) is 2.19. The van der Waals surface area contributed by atoms with Crippen molar-refractivity contribution in [2.45, 2.75) is 31.4 Å². The van der Waals surface area contributed by atoms with E-state index >= 15 is 0 Å². The van der Waals surface area contributed by atoms with E-state index < -0.39 is 5.97 Å². The molecule has 1 aliphatic heterocycles. The van der Waals surface area contributed by atoms with E-state index in [9.17, 15) is 4.79 Å². The van der Waals surface area contributed by atoms with Crippen molar-refractivity contribution in [3.63, 3.8) is 0 Å². The van der Waals surface area contributed by atoms with Gasteiger partial charge < -0.3 is 10.4 Å². The second-order valence-corrected chi connectivity index (χ2v) is 6.77. The van der Waals surface area contributed by atoms with E-state index in [1.165, 1.54) is 18.6 Å². The van der Waals surface area contributed by atoms with Crippen LogP contribution in [0.2, 0.25) is 0 Å². The Kier molecular flexibility index (Phi) is 3.85. The Balaban J connectivity index is 2.02. The second-order valence-electron chi connectivity index (χ2n) is 5.09. The van der Waals surface area contributed by atoms with E-state index in [1.807, 2.05) is 30.8 Å². The highest BCUT2D eigenvalue weighted by Gasteiger charge is 2.28. The van der Waals surface area contributed by atoms with Crippen molar-refractivity contribution < 1.29 is 9.90 Å². The molecule has 0 saturated carbocycles. The third-order valence-corrected chi connectivity index (χ3v) is 4.96. The molecular formula is C14H19NO2S. The van der Waals surface area contributed by atoms with Crippen LogP contribution in [0.3, 0.4) is 0 Å². The molecule has 0 aliphatic carbocycles. The van der Waals surface area contributed by atoms with Gasteiger partial charge in [-0.3, -0.25) is 0 Å². The number of thioether (sulfide) groups is 1. The molecule has 1 atom stereocenters. The molecule has 2 N–H and O–H groups in total. The van der Waals surface area contributed by atoms with Crippen LogP contribution in [0.25, 0.3) is 0 Å². The molecule has 0 bridgehead atoms. The van der Waals surface area contributed by atoms with Crippen LogP contribution >= 0.6 is 11.8 Å². The van der Waals surface area contributed by atoms with Gasteiger partial charge in [0.2, 0.25) is 0 Å². The van der Waals surface area contributed by atoms with Gasteiger partial charge in [-0.15, -0.1) is 0 Å². The Labute approximate surface area is 112 Å². The van der Waals surface area contributed by atoms with Gasteiger partial charge >= 0.3 is 5.97 Å². The molecule has 2 rings (SSSR count). The zero-order valence-corrected chi connectivity index (χ0v) is 11.6. The molecule has 98 valence electrons. The Bertz CT molecular complexity index is 453. The normalized spacial score (nSPS) is 23.0. The van der Waals surface area contributed by atoms with Gasteiger partial charge in [-0.2, -0.15) is 11.8 Å². The summed E-state index contributed by atoms with van der Waals surface area (Å²) in [6.07, 6.45) is 2.54. The molecule has 18 heavy (non-hydrogen) atoms. The highest BCUT2D eigenvalue weighted by Crippen LogP contribution is 2.37. The summed E-state index contributed by atoms with van der Waals surface area (Å²) in [5, 5.41) is 12.4. The summed E-state index contributed by atoms with van der Waals surface area (Å²) < 4.78 is 0.319.